The predicted octanol–water partition coefficient (Wildman–Crippen LogP) is 3.88. The van der Waals surface area contributed by atoms with Crippen molar-refractivity contribution >= 4 is 33.5 Å². The number of halogens is 1. The van der Waals surface area contributed by atoms with Crippen LogP contribution in [0, 0.1) is 5.82 Å². The van der Waals surface area contributed by atoms with Gasteiger partial charge in [0.25, 0.3) is 0 Å². The highest BCUT2D eigenvalue weighted by molar-refractivity contribution is 7.20. The normalized spacial score (nSPS) is 11.2. The summed E-state index contributed by atoms with van der Waals surface area (Å²) in [5.74, 6) is -0.291. The van der Waals surface area contributed by atoms with Gasteiger partial charge in [-0.1, -0.05) is 18.2 Å². The second-order valence-corrected chi connectivity index (χ2v) is 4.96. The number of nitrogens with zero attached hydrogens (tertiary/aromatic N) is 2. The Morgan fingerprint density at radius 1 is 1.16 bits per heavy atom. The smallest absolute Gasteiger partial charge is 0.137 e. The lowest BCUT2D eigenvalue weighted by Crippen LogP contribution is -1.90. The molecule has 94 valence electrons. The molecule has 2 aromatic carbocycles. The molecule has 0 aliphatic carbocycles. The highest BCUT2D eigenvalue weighted by Gasteiger charge is 1.99. The Morgan fingerprint density at radius 3 is 2.89 bits per heavy atom. The molecule has 19 heavy (non-hydrogen) atoms. The lowest BCUT2D eigenvalue weighted by molar-refractivity contribution is 0.628. The van der Waals surface area contributed by atoms with Crippen molar-refractivity contribution in [2.45, 2.75) is 0 Å². The fourth-order valence-electron chi connectivity index (χ4n) is 1.67. The van der Waals surface area contributed by atoms with Crippen molar-refractivity contribution in [3.63, 3.8) is 0 Å². The summed E-state index contributed by atoms with van der Waals surface area (Å²) < 4.78 is 14.1. The van der Waals surface area contributed by atoms with Crippen molar-refractivity contribution in [1.82, 2.24) is 4.98 Å². The maximum absolute atomic E-state index is 13.0. The number of rotatable bonds is 3. The first kappa shape index (κ1) is 11.8. The molecule has 3 aromatic rings. The topological polar surface area (TPSA) is 37.3 Å². The van der Waals surface area contributed by atoms with Gasteiger partial charge in [0.2, 0.25) is 0 Å². The number of hydrazone groups is 1. The maximum Gasteiger partial charge on any atom is 0.137 e. The van der Waals surface area contributed by atoms with Gasteiger partial charge in [-0.2, -0.15) is 5.10 Å². The van der Waals surface area contributed by atoms with E-state index in [-0.39, 0.29) is 5.82 Å². The quantitative estimate of drug-likeness (QED) is 0.580. The standard InChI is InChI=1S/C14H10FN3S/c15-10-4-3-5-11(8-10)18-16-9-14-17-12-6-1-2-7-13(12)19-14/h1-9,18H/b16-9+. The second kappa shape index (κ2) is 5.16. The molecule has 5 heteroatoms. The van der Waals surface area contributed by atoms with Crippen molar-refractivity contribution < 1.29 is 4.39 Å². The van der Waals surface area contributed by atoms with E-state index in [1.807, 2.05) is 24.3 Å². The van der Waals surface area contributed by atoms with Crippen LogP contribution in [0.2, 0.25) is 0 Å². The number of para-hydroxylation sites is 1. The van der Waals surface area contributed by atoms with Crippen molar-refractivity contribution in [1.29, 1.82) is 0 Å². The summed E-state index contributed by atoms with van der Waals surface area (Å²) in [5, 5.41) is 4.86. The molecule has 1 heterocycles. The molecule has 0 unspecified atom stereocenters. The van der Waals surface area contributed by atoms with Crippen LogP contribution in [0.25, 0.3) is 10.2 Å². The molecular formula is C14H10FN3S. The van der Waals surface area contributed by atoms with Crippen LogP contribution in [0.3, 0.4) is 0 Å². The van der Waals surface area contributed by atoms with Crippen LogP contribution in [0.1, 0.15) is 5.01 Å². The van der Waals surface area contributed by atoms with Gasteiger partial charge in [-0.15, -0.1) is 11.3 Å². The summed E-state index contributed by atoms with van der Waals surface area (Å²) in [5.41, 5.74) is 4.34. The Bertz CT molecular complexity index is 703. The highest BCUT2D eigenvalue weighted by atomic mass is 32.1. The summed E-state index contributed by atoms with van der Waals surface area (Å²) in [4.78, 5) is 4.42. The van der Waals surface area contributed by atoms with Crippen LogP contribution in [0.5, 0.6) is 0 Å². The van der Waals surface area contributed by atoms with E-state index in [0.29, 0.717) is 5.69 Å². The average Bonchev–Trinajstić information content (AvgIpc) is 2.81. The summed E-state index contributed by atoms with van der Waals surface area (Å²) in [6.45, 7) is 0. The number of anilines is 1. The molecule has 0 fully saturated rings. The van der Waals surface area contributed by atoms with E-state index < -0.39 is 0 Å². The number of hydrogen-bond donors (Lipinski definition) is 1. The summed E-state index contributed by atoms with van der Waals surface area (Å²) in [7, 11) is 0. The number of nitrogens with one attached hydrogen (secondary N) is 1. The predicted molar refractivity (Wildman–Crippen MR) is 77.2 cm³/mol. The molecule has 0 aliphatic heterocycles. The fourth-order valence-corrected chi connectivity index (χ4v) is 2.50. The molecule has 0 saturated heterocycles. The van der Waals surface area contributed by atoms with E-state index in [2.05, 4.69) is 15.5 Å². The summed E-state index contributed by atoms with van der Waals surface area (Å²) in [6.07, 6.45) is 1.63. The van der Waals surface area contributed by atoms with Crippen LogP contribution >= 0.6 is 11.3 Å². The largest absolute Gasteiger partial charge is 0.278 e. The molecule has 1 aromatic heterocycles. The Morgan fingerprint density at radius 2 is 2.05 bits per heavy atom. The average molecular weight is 271 g/mol. The third-order valence-electron chi connectivity index (χ3n) is 2.50. The molecule has 0 radical (unpaired) electrons. The molecule has 0 aliphatic rings. The van der Waals surface area contributed by atoms with Gasteiger partial charge in [-0.25, -0.2) is 9.37 Å². The maximum atomic E-state index is 13.0. The van der Waals surface area contributed by atoms with Gasteiger partial charge < -0.3 is 0 Å². The van der Waals surface area contributed by atoms with Crippen LogP contribution in [0.4, 0.5) is 10.1 Å². The minimum atomic E-state index is -0.291. The number of fused-ring (bicyclic) bond motifs is 1. The minimum absolute atomic E-state index is 0.291. The molecule has 1 N–H and O–H groups in total. The first-order valence-corrected chi connectivity index (χ1v) is 6.53. The Kier molecular flexibility index (Phi) is 3.20. The molecule has 0 atom stereocenters. The van der Waals surface area contributed by atoms with Crippen LogP contribution in [0.15, 0.2) is 53.6 Å². The number of benzene rings is 2. The number of hydrogen-bond acceptors (Lipinski definition) is 4. The molecule has 3 nitrogen and oxygen atoms in total. The van der Waals surface area contributed by atoms with E-state index in [0.717, 1.165) is 15.2 Å². The summed E-state index contributed by atoms with van der Waals surface area (Å²) in [6, 6.07) is 14.1. The lowest BCUT2D eigenvalue weighted by atomic mass is 10.3. The fraction of sp³-hybridized carbons (Fsp3) is 0. The van der Waals surface area contributed by atoms with E-state index in [9.17, 15) is 4.39 Å². The zero-order chi connectivity index (χ0) is 13.1. The van der Waals surface area contributed by atoms with Gasteiger partial charge in [0.05, 0.1) is 22.1 Å². The van der Waals surface area contributed by atoms with Gasteiger partial charge in [-0.3, -0.25) is 5.43 Å². The van der Waals surface area contributed by atoms with E-state index >= 15 is 0 Å². The molecule has 0 saturated carbocycles. The molecule has 0 bridgehead atoms. The van der Waals surface area contributed by atoms with Crippen molar-refractivity contribution in [2.24, 2.45) is 5.10 Å². The Labute approximate surface area is 113 Å². The molecule has 0 spiro atoms. The molecular weight excluding hydrogens is 261 g/mol. The third-order valence-corrected chi connectivity index (χ3v) is 3.47. The van der Waals surface area contributed by atoms with Crippen molar-refractivity contribution in [3.05, 3.63) is 59.4 Å². The van der Waals surface area contributed by atoms with Gasteiger partial charge in [0.15, 0.2) is 0 Å². The monoisotopic (exact) mass is 271 g/mol. The zero-order valence-electron chi connectivity index (χ0n) is 9.88. The van der Waals surface area contributed by atoms with Gasteiger partial charge in [0, 0.05) is 0 Å². The van der Waals surface area contributed by atoms with Crippen molar-refractivity contribution in [3.8, 4) is 0 Å². The van der Waals surface area contributed by atoms with Crippen LogP contribution in [-0.2, 0) is 0 Å². The zero-order valence-corrected chi connectivity index (χ0v) is 10.7. The molecule has 0 amide bonds. The first-order valence-electron chi connectivity index (χ1n) is 5.71. The van der Waals surface area contributed by atoms with Gasteiger partial charge in [0.1, 0.15) is 10.8 Å². The van der Waals surface area contributed by atoms with Gasteiger partial charge >= 0.3 is 0 Å². The Hall–Kier alpha value is -2.27. The van der Waals surface area contributed by atoms with Crippen LogP contribution < -0.4 is 5.43 Å². The minimum Gasteiger partial charge on any atom is -0.278 e. The van der Waals surface area contributed by atoms with Crippen molar-refractivity contribution in [2.75, 3.05) is 5.43 Å². The molecule has 3 rings (SSSR count). The number of aromatic nitrogens is 1. The van der Waals surface area contributed by atoms with E-state index in [1.165, 1.54) is 12.1 Å². The number of thiazole rings is 1. The van der Waals surface area contributed by atoms with E-state index in [4.69, 9.17) is 0 Å². The first-order chi connectivity index (χ1) is 9.31. The SMILES string of the molecule is Fc1cccc(N/N=C/c2nc3ccccc3s2)c1. The second-order valence-electron chi connectivity index (χ2n) is 3.90. The third kappa shape index (κ3) is 2.77. The lowest BCUT2D eigenvalue weighted by Gasteiger charge is -1.98. The summed E-state index contributed by atoms with van der Waals surface area (Å²) >= 11 is 1.56. The van der Waals surface area contributed by atoms with Crippen LogP contribution in [-0.4, -0.2) is 11.2 Å². The highest BCUT2D eigenvalue weighted by Crippen LogP contribution is 2.20. The van der Waals surface area contributed by atoms with Gasteiger partial charge in [-0.05, 0) is 30.3 Å². The van der Waals surface area contributed by atoms with E-state index in [1.54, 1.807) is 29.7 Å². The Balaban J connectivity index is 1.75.